The lowest BCUT2D eigenvalue weighted by atomic mass is 10.3. The molecule has 0 fully saturated rings. The number of carbonyl (C=O) groups is 1. The minimum atomic E-state index is 0.454. The summed E-state index contributed by atoms with van der Waals surface area (Å²) < 4.78 is 0. The van der Waals surface area contributed by atoms with Crippen molar-refractivity contribution in [1.82, 2.24) is 5.06 Å². The number of unbranched alkanes of at least 4 members (excludes halogenated alkanes) is 2. The molecule has 0 aromatic heterocycles. The molecule has 0 spiro atoms. The van der Waals surface area contributed by atoms with E-state index in [1.54, 1.807) is 6.08 Å². The van der Waals surface area contributed by atoms with Gasteiger partial charge in [-0.2, -0.15) is 0 Å². The number of nitrogens with zero attached hydrogens (tertiary/aromatic N) is 1. The first-order chi connectivity index (χ1) is 5.85. The van der Waals surface area contributed by atoms with Crippen LogP contribution in [-0.2, 0) is 9.63 Å². The maximum absolute atomic E-state index is 10.3. The van der Waals surface area contributed by atoms with Crippen molar-refractivity contribution >= 4 is 6.41 Å². The molecule has 0 aliphatic rings. The lowest BCUT2D eigenvalue weighted by molar-refractivity contribution is -0.168. The topological polar surface area (TPSA) is 29.5 Å². The monoisotopic (exact) mass is 171 g/mol. The minimum absolute atomic E-state index is 0.454. The molecule has 12 heavy (non-hydrogen) atoms. The van der Waals surface area contributed by atoms with Gasteiger partial charge in [-0.25, -0.2) is 5.06 Å². The van der Waals surface area contributed by atoms with Gasteiger partial charge in [-0.3, -0.25) is 9.63 Å². The standard InChI is InChI=1S/C9H17NO2/c1-3-5-6-8-12-10(9-11)7-4-2/h4,9H,2-3,5-8H2,1H3. The zero-order valence-corrected chi connectivity index (χ0v) is 7.66. The van der Waals surface area contributed by atoms with E-state index in [0.717, 1.165) is 19.3 Å². The van der Waals surface area contributed by atoms with E-state index in [1.165, 1.54) is 5.06 Å². The Morgan fingerprint density at radius 3 is 2.75 bits per heavy atom. The van der Waals surface area contributed by atoms with Gasteiger partial charge in [-0.1, -0.05) is 25.8 Å². The van der Waals surface area contributed by atoms with Crippen LogP contribution in [0.3, 0.4) is 0 Å². The fourth-order valence-electron chi connectivity index (χ4n) is 0.787. The number of hydrogen-bond acceptors (Lipinski definition) is 2. The van der Waals surface area contributed by atoms with Crippen molar-refractivity contribution in [3.05, 3.63) is 12.7 Å². The Morgan fingerprint density at radius 1 is 1.50 bits per heavy atom. The fourth-order valence-corrected chi connectivity index (χ4v) is 0.787. The van der Waals surface area contributed by atoms with Crippen LogP contribution in [0.1, 0.15) is 26.2 Å². The van der Waals surface area contributed by atoms with E-state index in [2.05, 4.69) is 13.5 Å². The predicted octanol–water partition coefficient (Wildman–Crippen LogP) is 1.75. The highest BCUT2D eigenvalue weighted by Crippen LogP contribution is 1.95. The van der Waals surface area contributed by atoms with E-state index < -0.39 is 0 Å². The van der Waals surface area contributed by atoms with Crippen molar-refractivity contribution in [2.24, 2.45) is 0 Å². The van der Waals surface area contributed by atoms with Gasteiger partial charge in [0, 0.05) is 0 Å². The van der Waals surface area contributed by atoms with Crippen molar-refractivity contribution in [3.8, 4) is 0 Å². The molecule has 0 bridgehead atoms. The number of hydrogen-bond donors (Lipinski definition) is 0. The average molecular weight is 171 g/mol. The third kappa shape index (κ3) is 5.92. The molecule has 0 radical (unpaired) electrons. The second-order valence-electron chi connectivity index (χ2n) is 2.53. The first-order valence-corrected chi connectivity index (χ1v) is 4.30. The van der Waals surface area contributed by atoms with Gasteiger partial charge in [-0.05, 0) is 6.42 Å². The van der Waals surface area contributed by atoms with Gasteiger partial charge in [-0.15, -0.1) is 6.58 Å². The number of rotatable bonds is 8. The molecular formula is C9H17NO2. The smallest absolute Gasteiger partial charge is 0.233 e. The molecule has 70 valence electrons. The van der Waals surface area contributed by atoms with E-state index in [4.69, 9.17) is 4.84 Å². The summed E-state index contributed by atoms with van der Waals surface area (Å²) >= 11 is 0. The molecule has 0 N–H and O–H groups in total. The van der Waals surface area contributed by atoms with Crippen LogP contribution in [0.4, 0.5) is 0 Å². The second-order valence-corrected chi connectivity index (χ2v) is 2.53. The van der Waals surface area contributed by atoms with Gasteiger partial charge in [0.2, 0.25) is 6.41 Å². The third-order valence-corrected chi connectivity index (χ3v) is 1.43. The molecule has 3 nitrogen and oxygen atoms in total. The Kier molecular flexibility index (Phi) is 7.70. The normalized spacial score (nSPS) is 9.42. The summed E-state index contributed by atoms with van der Waals surface area (Å²) in [5.74, 6) is 0. The lowest BCUT2D eigenvalue weighted by Crippen LogP contribution is -2.22. The quantitative estimate of drug-likeness (QED) is 0.241. The van der Waals surface area contributed by atoms with E-state index >= 15 is 0 Å². The molecule has 0 atom stereocenters. The molecule has 0 heterocycles. The molecule has 0 rings (SSSR count). The van der Waals surface area contributed by atoms with E-state index in [1.807, 2.05) is 0 Å². The van der Waals surface area contributed by atoms with Gasteiger partial charge in [0.1, 0.15) is 0 Å². The first-order valence-electron chi connectivity index (χ1n) is 4.30. The van der Waals surface area contributed by atoms with Crippen molar-refractivity contribution in [2.75, 3.05) is 13.2 Å². The molecular weight excluding hydrogens is 154 g/mol. The molecule has 0 saturated heterocycles. The zero-order valence-electron chi connectivity index (χ0n) is 7.66. The van der Waals surface area contributed by atoms with E-state index in [9.17, 15) is 4.79 Å². The minimum Gasteiger partial charge on any atom is -0.276 e. The van der Waals surface area contributed by atoms with Crippen LogP contribution in [-0.4, -0.2) is 24.6 Å². The molecule has 0 aliphatic heterocycles. The SMILES string of the molecule is C=CCN(C=O)OCCCCC. The highest BCUT2D eigenvalue weighted by Gasteiger charge is 1.97. The maximum Gasteiger partial charge on any atom is 0.233 e. The van der Waals surface area contributed by atoms with Crippen molar-refractivity contribution in [3.63, 3.8) is 0 Å². The summed E-state index contributed by atoms with van der Waals surface area (Å²) in [5, 5.41) is 1.25. The van der Waals surface area contributed by atoms with Crippen LogP contribution >= 0.6 is 0 Å². The lowest BCUT2D eigenvalue weighted by Gasteiger charge is -2.13. The summed E-state index contributed by atoms with van der Waals surface area (Å²) in [6.45, 7) is 6.70. The molecule has 0 aromatic carbocycles. The summed E-state index contributed by atoms with van der Waals surface area (Å²) in [5.41, 5.74) is 0. The predicted molar refractivity (Wildman–Crippen MR) is 48.4 cm³/mol. The summed E-state index contributed by atoms with van der Waals surface area (Å²) in [4.78, 5) is 15.4. The second kappa shape index (κ2) is 8.27. The Hall–Kier alpha value is -0.830. The average Bonchev–Trinajstić information content (AvgIpc) is 2.10. The number of hydroxylamine groups is 2. The third-order valence-electron chi connectivity index (χ3n) is 1.43. The maximum atomic E-state index is 10.3. The van der Waals surface area contributed by atoms with Gasteiger partial charge in [0.05, 0.1) is 13.2 Å². The van der Waals surface area contributed by atoms with Crippen molar-refractivity contribution < 1.29 is 9.63 Å². The van der Waals surface area contributed by atoms with Crippen molar-refractivity contribution in [2.45, 2.75) is 26.2 Å². The van der Waals surface area contributed by atoms with Crippen LogP contribution in [0.25, 0.3) is 0 Å². The van der Waals surface area contributed by atoms with E-state index in [0.29, 0.717) is 19.6 Å². The van der Waals surface area contributed by atoms with Gasteiger partial charge < -0.3 is 0 Å². The molecule has 0 saturated carbocycles. The van der Waals surface area contributed by atoms with E-state index in [-0.39, 0.29) is 0 Å². The fraction of sp³-hybridized carbons (Fsp3) is 0.667. The van der Waals surface area contributed by atoms with Crippen LogP contribution in [0, 0.1) is 0 Å². The highest BCUT2D eigenvalue weighted by molar-refractivity contribution is 5.45. The molecule has 1 amide bonds. The van der Waals surface area contributed by atoms with Crippen LogP contribution in [0.5, 0.6) is 0 Å². The Morgan fingerprint density at radius 2 is 2.25 bits per heavy atom. The number of carbonyl (C=O) groups excluding carboxylic acids is 1. The molecule has 3 heteroatoms. The molecule has 0 aliphatic carbocycles. The van der Waals surface area contributed by atoms with Crippen LogP contribution in [0.2, 0.25) is 0 Å². The van der Waals surface area contributed by atoms with Crippen LogP contribution in [0.15, 0.2) is 12.7 Å². The largest absolute Gasteiger partial charge is 0.276 e. The van der Waals surface area contributed by atoms with Gasteiger partial charge >= 0.3 is 0 Å². The summed E-state index contributed by atoms with van der Waals surface area (Å²) in [7, 11) is 0. The van der Waals surface area contributed by atoms with Gasteiger partial charge in [0.25, 0.3) is 0 Å². The van der Waals surface area contributed by atoms with Gasteiger partial charge in [0.15, 0.2) is 0 Å². The molecule has 0 unspecified atom stereocenters. The molecule has 0 aromatic rings. The summed E-state index contributed by atoms with van der Waals surface area (Å²) in [6.07, 6.45) is 5.60. The Balaban J connectivity index is 3.31. The number of amides is 1. The summed E-state index contributed by atoms with van der Waals surface area (Å²) in [6, 6.07) is 0. The van der Waals surface area contributed by atoms with Crippen LogP contribution < -0.4 is 0 Å². The Labute approximate surface area is 74.0 Å². The first kappa shape index (κ1) is 11.2. The van der Waals surface area contributed by atoms with Crippen molar-refractivity contribution in [1.29, 1.82) is 0 Å². The Bertz CT molecular complexity index is 126. The zero-order chi connectivity index (χ0) is 9.23. The highest BCUT2D eigenvalue weighted by atomic mass is 16.7.